The zero-order valence-corrected chi connectivity index (χ0v) is 20.0. The van der Waals surface area contributed by atoms with Crippen LogP contribution in [0.15, 0.2) is 115 Å². The molecule has 5 aromatic rings. The Balaban J connectivity index is 1.73. The third kappa shape index (κ3) is 4.70. The maximum absolute atomic E-state index is 13.8. The maximum Gasteiger partial charge on any atom is 0.258 e. The first-order valence-electron chi connectivity index (χ1n) is 11.4. The Labute approximate surface area is 209 Å². The number of para-hydroxylation sites is 1. The quantitative estimate of drug-likeness (QED) is 0.261. The Bertz CT molecular complexity index is 1450. The number of carbonyl (C=O) groups excluding carboxylic acids is 1. The van der Waals surface area contributed by atoms with Crippen molar-refractivity contribution >= 4 is 28.9 Å². The van der Waals surface area contributed by atoms with Gasteiger partial charge in [-0.15, -0.1) is 0 Å². The Hall–Kier alpha value is -4.28. The van der Waals surface area contributed by atoms with Crippen LogP contribution in [-0.2, 0) is 0 Å². The smallest absolute Gasteiger partial charge is 0.258 e. The van der Waals surface area contributed by atoms with E-state index in [9.17, 15) is 4.79 Å². The first-order valence-corrected chi connectivity index (χ1v) is 11.7. The normalized spacial score (nSPS) is 10.7. The minimum Gasteiger partial charge on any atom is -0.322 e. The van der Waals surface area contributed by atoms with Crippen LogP contribution in [-0.4, -0.2) is 10.6 Å². The van der Waals surface area contributed by atoms with E-state index in [-0.39, 0.29) is 5.91 Å². The number of aromatic nitrogens is 1. The summed E-state index contributed by atoms with van der Waals surface area (Å²) in [4.78, 5) is 13.8. The fraction of sp³-hybridized carbons (Fsp3) is 0.0333. The number of amides is 1. The van der Waals surface area contributed by atoms with Crippen LogP contribution in [0.3, 0.4) is 0 Å². The SMILES string of the molecule is Cc1c(C(=O)Nc2ccc(Cl)cc2)c(-c2ccccc2)c(-c2ccccc2)n1Nc1ccccc1. The summed E-state index contributed by atoms with van der Waals surface area (Å²) >= 11 is 6.04. The molecule has 0 aliphatic carbocycles. The highest BCUT2D eigenvalue weighted by Gasteiger charge is 2.27. The summed E-state index contributed by atoms with van der Waals surface area (Å²) in [6, 6.07) is 37.2. The minimum atomic E-state index is -0.186. The van der Waals surface area contributed by atoms with Gasteiger partial charge in [-0.25, -0.2) is 0 Å². The number of hydrogen-bond donors (Lipinski definition) is 2. The monoisotopic (exact) mass is 477 g/mol. The highest BCUT2D eigenvalue weighted by atomic mass is 35.5. The molecule has 4 nitrogen and oxygen atoms in total. The summed E-state index contributed by atoms with van der Waals surface area (Å²) in [6.45, 7) is 1.96. The number of nitrogens with one attached hydrogen (secondary N) is 2. The number of hydrogen-bond acceptors (Lipinski definition) is 2. The van der Waals surface area contributed by atoms with Crippen molar-refractivity contribution in [3.8, 4) is 22.4 Å². The van der Waals surface area contributed by atoms with Gasteiger partial charge in [-0.2, -0.15) is 0 Å². The average Bonchev–Trinajstić information content (AvgIpc) is 3.19. The van der Waals surface area contributed by atoms with Crippen molar-refractivity contribution in [1.82, 2.24) is 4.68 Å². The van der Waals surface area contributed by atoms with Gasteiger partial charge in [-0.3, -0.25) is 14.9 Å². The van der Waals surface area contributed by atoms with E-state index in [2.05, 4.69) is 22.9 Å². The fourth-order valence-corrected chi connectivity index (χ4v) is 4.36. The highest BCUT2D eigenvalue weighted by molar-refractivity contribution is 6.30. The van der Waals surface area contributed by atoms with Crippen LogP contribution in [0.2, 0.25) is 5.02 Å². The van der Waals surface area contributed by atoms with Gasteiger partial charge in [-0.05, 0) is 48.9 Å². The number of benzene rings is 4. The van der Waals surface area contributed by atoms with Crippen molar-refractivity contribution in [2.75, 3.05) is 10.7 Å². The first kappa shape index (κ1) is 22.5. The van der Waals surface area contributed by atoms with Crippen LogP contribution in [0.25, 0.3) is 22.4 Å². The molecule has 35 heavy (non-hydrogen) atoms. The van der Waals surface area contributed by atoms with Crippen molar-refractivity contribution in [3.05, 3.63) is 132 Å². The van der Waals surface area contributed by atoms with Gasteiger partial charge in [0.15, 0.2) is 0 Å². The lowest BCUT2D eigenvalue weighted by Gasteiger charge is -2.16. The average molecular weight is 478 g/mol. The van der Waals surface area contributed by atoms with Gasteiger partial charge in [0.25, 0.3) is 5.91 Å². The van der Waals surface area contributed by atoms with Gasteiger partial charge >= 0.3 is 0 Å². The number of rotatable bonds is 6. The molecule has 0 aliphatic rings. The van der Waals surface area contributed by atoms with Gasteiger partial charge < -0.3 is 5.32 Å². The summed E-state index contributed by atoms with van der Waals surface area (Å²) in [7, 11) is 0. The molecule has 0 saturated carbocycles. The van der Waals surface area contributed by atoms with Crippen LogP contribution >= 0.6 is 11.6 Å². The van der Waals surface area contributed by atoms with Crippen LogP contribution < -0.4 is 10.7 Å². The van der Waals surface area contributed by atoms with E-state index in [0.29, 0.717) is 16.3 Å². The van der Waals surface area contributed by atoms with E-state index in [1.165, 1.54) is 0 Å². The number of carbonyl (C=O) groups is 1. The molecule has 4 aromatic carbocycles. The topological polar surface area (TPSA) is 46.1 Å². The lowest BCUT2D eigenvalue weighted by molar-refractivity contribution is 0.102. The third-order valence-electron chi connectivity index (χ3n) is 5.86. The standard InChI is InChI=1S/C30H24ClN3O/c1-21-27(30(35)32-25-19-17-24(31)18-20-25)28(22-11-5-2-6-12-22)29(23-13-7-3-8-14-23)34(21)33-26-15-9-4-10-16-26/h2-20,33H,1H3,(H,32,35). The Morgan fingerprint density at radius 3 is 1.83 bits per heavy atom. The molecule has 2 N–H and O–H groups in total. The second-order valence-corrected chi connectivity index (χ2v) is 8.63. The Morgan fingerprint density at radius 1 is 0.686 bits per heavy atom. The van der Waals surface area contributed by atoms with Crippen molar-refractivity contribution in [2.45, 2.75) is 6.92 Å². The van der Waals surface area contributed by atoms with Crippen molar-refractivity contribution in [2.24, 2.45) is 0 Å². The van der Waals surface area contributed by atoms with Crippen LogP contribution in [0.5, 0.6) is 0 Å². The fourth-order valence-electron chi connectivity index (χ4n) is 4.23. The molecule has 0 unspecified atom stereocenters. The second-order valence-electron chi connectivity index (χ2n) is 8.19. The maximum atomic E-state index is 13.8. The van der Waals surface area contributed by atoms with Crippen LogP contribution in [0.1, 0.15) is 16.1 Å². The molecule has 5 rings (SSSR count). The van der Waals surface area contributed by atoms with E-state index in [1.807, 2.05) is 90.5 Å². The molecule has 5 heteroatoms. The third-order valence-corrected chi connectivity index (χ3v) is 6.11. The van der Waals surface area contributed by atoms with E-state index >= 15 is 0 Å². The molecule has 0 bridgehead atoms. The first-order chi connectivity index (χ1) is 17.1. The number of nitrogens with zero attached hydrogens (tertiary/aromatic N) is 1. The van der Waals surface area contributed by atoms with E-state index in [4.69, 9.17) is 11.6 Å². The summed E-state index contributed by atoms with van der Waals surface area (Å²) in [5.74, 6) is -0.186. The minimum absolute atomic E-state index is 0.186. The van der Waals surface area contributed by atoms with Gasteiger partial charge in [-0.1, -0.05) is 90.5 Å². The molecule has 0 radical (unpaired) electrons. The summed E-state index contributed by atoms with van der Waals surface area (Å²) in [5.41, 5.74) is 10.3. The summed E-state index contributed by atoms with van der Waals surface area (Å²) in [6.07, 6.45) is 0. The molecule has 172 valence electrons. The molecule has 0 aliphatic heterocycles. The Kier molecular flexibility index (Phi) is 6.38. The van der Waals surface area contributed by atoms with Crippen molar-refractivity contribution < 1.29 is 4.79 Å². The zero-order valence-electron chi connectivity index (χ0n) is 19.2. The molecular weight excluding hydrogens is 454 g/mol. The molecule has 1 heterocycles. The predicted octanol–water partition coefficient (Wildman–Crippen LogP) is 7.91. The van der Waals surface area contributed by atoms with E-state index < -0.39 is 0 Å². The lowest BCUT2D eigenvalue weighted by Crippen LogP contribution is -2.16. The lowest BCUT2D eigenvalue weighted by atomic mass is 9.96. The number of halogens is 1. The highest BCUT2D eigenvalue weighted by Crippen LogP contribution is 2.39. The molecular formula is C30H24ClN3O. The van der Waals surface area contributed by atoms with Gasteiger partial charge in [0.05, 0.1) is 22.6 Å². The van der Waals surface area contributed by atoms with Gasteiger partial charge in [0.2, 0.25) is 0 Å². The van der Waals surface area contributed by atoms with E-state index in [0.717, 1.165) is 33.8 Å². The predicted molar refractivity (Wildman–Crippen MR) is 145 cm³/mol. The van der Waals surface area contributed by atoms with Crippen LogP contribution in [0, 0.1) is 6.92 Å². The summed E-state index contributed by atoms with van der Waals surface area (Å²) in [5, 5.41) is 3.67. The van der Waals surface area contributed by atoms with Crippen LogP contribution in [0.4, 0.5) is 11.4 Å². The van der Waals surface area contributed by atoms with Gasteiger partial charge in [0.1, 0.15) is 0 Å². The van der Waals surface area contributed by atoms with Crippen molar-refractivity contribution in [1.29, 1.82) is 0 Å². The Morgan fingerprint density at radius 2 is 1.23 bits per heavy atom. The molecule has 0 saturated heterocycles. The van der Waals surface area contributed by atoms with Gasteiger partial charge in [0, 0.05) is 21.8 Å². The second kappa shape index (κ2) is 9.92. The molecule has 0 atom stereocenters. The molecule has 0 spiro atoms. The molecule has 1 aromatic heterocycles. The van der Waals surface area contributed by atoms with Crippen molar-refractivity contribution in [3.63, 3.8) is 0 Å². The largest absolute Gasteiger partial charge is 0.322 e. The summed E-state index contributed by atoms with van der Waals surface area (Å²) < 4.78 is 2.00. The van der Waals surface area contributed by atoms with E-state index in [1.54, 1.807) is 24.3 Å². The molecule has 1 amide bonds. The number of anilines is 2. The molecule has 0 fully saturated rings. The zero-order chi connectivity index (χ0) is 24.2.